The first-order chi connectivity index (χ1) is 20.8. The molecule has 0 saturated carbocycles. The lowest BCUT2D eigenvalue weighted by atomic mass is 9.77. The van der Waals surface area contributed by atoms with E-state index in [1.807, 2.05) is 72.8 Å². The van der Waals surface area contributed by atoms with Crippen LogP contribution in [-0.2, 0) is 5.54 Å². The fraction of sp³-hybridized carbons (Fsp3) is 0.0541. The second-order valence-electron chi connectivity index (χ2n) is 10.1. The third kappa shape index (κ3) is 4.41. The number of nitrogens with zero attached hydrogens (tertiary/aromatic N) is 3. The van der Waals surface area contributed by atoms with Crippen LogP contribution in [-0.4, -0.2) is 24.2 Å². The maximum atomic E-state index is 5.40. The van der Waals surface area contributed by atoms with Crippen LogP contribution in [0, 0.1) is 0 Å². The second-order valence-corrected chi connectivity index (χ2v) is 10.1. The lowest BCUT2D eigenvalue weighted by molar-refractivity contribution is 0.415. The molecule has 2 heterocycles. The molecule has 2 aliphatic heterocycles. The highest BCUT2D eigenvalue weighted by atomic mass is 16.5. The Labute approximate surface area is 245 Å². The van der Waals surface area contributed by atoms with Crippen molar-refractivity contribution in [3.05, 3.63) is 185 Å². The van der Waals surface area contributed by atoms with Crippen molar-refractivity contribution in [2.45, 2.75) is 5.54 Å². The lowest BCUT2D eigenvalue weighted by Crippen LogP contribution is -2.45. The van der Waals surface area contributed by atoms with E-state index in [1.165, 1.54) is 0 Å². The van der Waals surface area contributed by atoms with Crippen molar-refractivity contribution < 1.29 is 4.74 Å². The van der Waals surface area contributed by atoms with Gasteiger partial charge in [0.15, 0.2) is 11.6 Å². The molecule has 0 unspecified atom stereocenters. The van der Waals surface area contributed by atoms with Crippen molar-refractivity contribution >= 4 is 17.1 Å². The van der Waals surface area contributed by atoms with Crippen LogP contribution in [0.2, 0.25) is 0 Å². The van der Waals surface area contributed by atoms with Crippen LogP contribution in [0.15, 0.2) is 172 Å². The summed E-state index contributed by atoms with van der Waals surface area (Å²) in [5, 5.41) is 3.83. The molecule has 1 N–H and O–H groups in total. The summed E-state index contributed by atoms with van der Waals surface area (Å²) >= 11 is 0. The Hall–Kier alpha value is -5.55. The van der Waals surface area contributed by atoms with Crippen LogP contribution in [0.3, 0.4) is 0 Å². The van der Waals surface area contributed by atoms with E-state index in [9.17, 15) is 0 Å². The van der Waals surface area contributed by atoms with E-state index < -0.39 is 5.54 Å². The number of rotatable bonds is 6. The van der Waals surface area contributed by atoms with Crippen LogP contribution in [0.25, 0.3) is 0 Å². The van der Waals surface area contributed by atoms with Crippen molar-refractivity contribution in [1.82, 2.24) is 5.32 Å². The monoisotopic (exact) mass is 544 g/mol. The van der Waals surface area contributed by atoms with Gasteiger partial charge in [0.25, 0.3) is 0 Å². The minimum Gasteiger partial charge on any atom is -0.497 e. The van der Waals surface area contributed by atoms with Crippen molar-refractivity contribution in [1.29, 1.82) is 0 Å². The zero-order chi connectivity index (χ0) is 28.4. The van der Waals surface area contributed by atoms with Gasteiger partial charge in [-0.25, -0.2) is 15.0 Å². The normalized spacial score (nSPS) is 17.2. The van der Waals surface area contributed by atoms with Crippen LogP contribution < -0.4 is 10.1 Å². The van der Waals surface area contributed by atoms with Gasteiger partial charge in [-0.05, 0) is 41.0 Å². The SMILES string of the molecule is COc1ccc(C2=NC(=C3N=C(c4ccccc4)C(c4ccccc4)(c4ccccc4)N3)N=C2c2ccccc2)cc1. The molecule has 0 bridgehead atoms. The van der Waals surface area contributed by atoms with Gasteiger partial charge in [-0.2, -0.15) is 0 Å². The molecule has 0 atom stereocenters. The summed E-state index contributed by atoms with van der Waals surface area (Å²) in [5.41, 5.74) is 6.89. The largest absolute Gasteiger partial charge is 0.497 e. The molecule has 5 aromatic carbocycles. The average molecular weight is 545 g/mol. The van der Waals surface area contributed by atoms with Gasteiger partial charge in [0.1, 0.15) is 11.3 Å². The number of methoxy groups -OCH3 is 1. The van der Waals surface area contributed by atoms with Crippen molar-refractivity contribution in [3.8, 4) is 5.75 Å². The summed E-state index contributed by atoms with van der Waals surface area (Å²) < 4.78 is 5.40. The maximum absolute atomic E-state index is 5.40. The van der Waals surface area contributed by atoms with Crippen molar-refractivity contribution in [2.75, 3.05) is 7.11 Å². The highest BCUT2D eigenvalue weighted by molar-refractivity contribution is 6.55. The van der Waals surface area contributed by atoms with Crippen LogP contribution >= 0.6 is 0 Å². The molecule has 0 spiro atoms. The molecule has 42 heavy (non-hydrogen) atoms. The van der Waals surface area contributed by atoms with Gasteiger partial charge in [-0.3, -0.25) is 0 Å². The zero-order valence-electron chi connectivity index (χ0n) is 23.1. The summed E-state index contributed by atoms with van der Waals surface area (Å²) in [6.45, 7) is 0. The Morgan fingerprint density at radius 3 is 1.45 bits per heavy atom. The third-order valence-electron chi connectivity index (χ3n) is 7.63. The van der Waals surface area contributed by atoms with Crippen molar-refractivity contribution in [2.24, 2.45) is 15.0 Å². The smallest absolute Gasteiger partial charge is 0.196 e. The standard InChI is InChI=1S/C37H28N4O/c1-42-31-24-22-27(23-25-31)33-32(26-14-6-2-7-15-26)38-35(39-33)36-40-34(28-16-8-3-9-17-28)37(41-36,29-18-10-4-11-19-29)30-20-12-5-13-21-30/h2-25,41H,1H3. The van der Waals surface area contributed by atoms with Crippen LogP contribution in [0.5, 0.6) is 5.75 Å². The number of hydrogen-bond donors (Lipinski definition) is 1. The Kier molecular flexibility index (Phi) is 6.53. The summed E-state index contributed by atoms with van der Waals surface area (Å²) in [6, 6.07) is 49.3. The first-order valence-corrected chi connectivity index (χ1v) is 13.9. The predicted molar refractivity (Wildman–Crippen MR) is 169 cm³/mol. The first kappa shape index (κ1) is 25.4. The summed E-state index contributed by atoms with van der Waals surface area (Å²) in [6.07, 6.45) is 0. The molecule has 0 radical (unpaired) electrons. The summed E-state index contributed by atoms with van der Waals surface area (Å²) in [4.78, 5) is 15.5. The first-order valence-electron chi connectivity index (χ1n) is 13.9. The fourth-order valence-corrected chi connectivity index (χ4v) is 5.60. The van der Waals surface area contributed by atoms with E-state index in [0.29, 0.717) is 11.6 Å². The molecule has 2 aliphatic rings. The predicted octanol–water partition coefficient (Wildman–Crippen LogP) is 7.15. The van der Waals surface area contributed by atoms with E-state index >= 15 is 0 Å². The van der Waals surface area contributed by atoms with Gasteiger partial charge < -0.3 is 10.1 Å². The van der Waals surface area contributed by atoms with Gasteiger partial charge in [0.05, 0.1) is 24.2 Å². The molecule has 7 rings (SSSR count). The Morgan fingerprint density at radius 1 is 0.500 bits per heavy atom. The van der Waals surface area contributed by atoms with Gasteiger partial charge in [0, 0.05) is 11.1 Å². The number of nitrogens with one attached hydrogen (secondary N) is 1. The van der Waals surface area contributed by atoms with E-state index in [2.05, 4.69) is 78.1 Å². The van der Waals surface area contributed by atoms with Gasteiger partial charge in [-0.1, -0.05) is 121 Å². The molecule has 0 fully saturated rings. The molecular weight excluding hydrogens is 516 g/mol. The molecule has 5 heteroatoms. The quantitative estimate of drug-likeness (QED) is 0.247. The number of hydrogen-bond acceptors (Lipinski definition) is 5. The van der Waals surface area contributed by atoms with Gasteiger partial charge in [-0.15, -0.1) is 0 Å². The van der Waals surface area contributed by atoms with E-state index in [-0.39, 0.29) is 0 Å². The van der Waals surface area contributed by atoms with Crippen LogP contribution in [0.1, 0.15) is 27.8 Å². The number of benzene rings is 5. The molecule has 0 saturated heterocycles. The van der Waals surface area contributed by atoms with Gasteiger partial charge >= 0.3 is 0 Å². The highest BCUT2D eigenvalue weighted by Gasteiger charge is 2.46. The molecule has 5 nitrogen and oxygen atoms in total. The highest BCUT2D eigenvalue weighted by Crippen LogP contribution is 2.40. The van der Waals surface area contributed by atoms with E-state index in [1.54, 1.807) is 7.11 Å². The minimum atomic E-state index is -0.743. The summed E-state index contributed by atoms with van der Waals surface area (Å²) in [7, 11) is 1.67. The number of ether oxygens (including phenoxy) is 1. The molecule has 0 aliphatic carbocycles. The molecule has 0 aromatic heterocycles. The molecule has 5 aromatic rings. The number of aliphatic imine (C=N–C) groups is 3. The third-order valence-corrected chi connectivity index (χ3v) is 7.63. The molecule has 0 amide bonds. The Bertz CT molecular complexity index is 1800. The van der Waals surface area contributed by atoms with E-state index in [0.717, 1.165) is 50.7 Å². The molecular formula is C37H28N4O. The average Bonchev–Trinajstić information content (AvgIpc) is 3.70. The topological polar surface area (TPSA) is 58.3 Å². The van der Waals surface area contributed by atoms with Crippen molar-refractivity contribution in [3.63, 3.8) is 0 Å². The van der Waals surface area contributed by atoms with Gasteiger partial charge in [0.2, 0.25) is 0 Å². The lowest BCUT2D eigenvalue weighted by Gasteiger charge is -2.33. The fourth-order valence-electron chi connectivity index (χ4n) is 5.60. The van der Waals surface area contributed by atoms with E-state index in [4.69, 9.17) is 19.7 Å². The second kappa shape index (κ2) is 10.8. The summed E-state index contributed by atoms with van der Waals surface area (Å²) in [5.74, 6) is 1.96. The zero-order valence-corrected chi connectivity index (χ0v) is 23.1. The molecule has 202 valence electrons. The maximum Gasteiger partial charge on any atom is 0.196 e. The Balaban J connectivity index is 1.47. The minimum absolute atomic E-state index is 0.543. The van der Waals surface area contributed by atoms with Crippen LogP contribution in [0.4, 0.5) is 0 Å². The Morgan fingerprint density at radius 2 is 0.952 bits per heavy atom.